The standard InChI is InChI=1S/C40H55N7O2/c1-7-45(8-2)36-19-11-32(12-20-36)27-41-42-28-33-13-21-37(22-14-33)46(9-3)30(5)31(6)47(10-4)38-23-15-34(16-24-38)29-43-44-40(49)35-17-25-39(48)26-18-35/h11-16,19-24,27-31,35,39,48H,7-10,17-18,25-26H2,1-6H3,(H,44,49)/b41-27+,42-28+,43-29+. The summed E-state index contributed by atoms with van der Waals surface area (Å²) < 4.78 is 0. The van der Waals surface area contributed by atoms with Gasteiger partial charge in [-0.05, 0) is 120 Å². The van der Waals surface area contributed by atoms with Crippen LogP contribution in [0.2, 0.25) is 0 Å². The normalized spacial score (nSPS) is 17.8. The molecule has 0 aromatic heterocycles. The molecule has 0 saturated heterocycles. The molecule has 2 unspecified atom stereocenters. The molecule has 3 aromatic rings. The third-order valence-electron chi connectivity index (χ3n) is 9.77. The van der Waals surface area contributed by atoms with Crippen molar-refractivity contribution in [3.8, 4) is 0 Å². The van der Waals surface area contributed by atoms with Gasteiger partial charge in [-0.25, -0.2) is 5.43 Å². The second-order valence-corrected chi connectivity index (χ2v) is 12.7. The number of nitrogens with one attached hydrogen (secondary N) is 1. The van der Waals surface area contributed by atoms with Crippen LogP contribution in [0.3, 0.4) is 0 Å². The maximum atomic E-state index is 12.4. The van der Waals surface area contributed by atoms with Gasteiger partial charge >= 0.3 is 0 Å². The van der Waals surface area contributed by atoms with Gasteiger partial charge in [-0.2, -0.15) is 15.3 Å². The molecule has 9 nitrogen and oxygen atoms in total. The summed E-state index contributed by atoms with van der Waals surface area (Å²) in [5, 5.41) is 22.4. The largest absolute Gasteiger partial charge is 0.393 e. The molecule has 2 N–H and O–H groups in total. The molecular weight excluding hydrogens is 610 g/mol. The zero-order valence-corrected chi connectivity index (χ0v) is 30.2. The van der Waals surface area contributed by atoms with Gasteiger partial charge < -0.3 is 19.8 Å². The van der Waals surface area contributed by atoms with Gasteiger partial charge in [0.2, 0.25) is 5.91 Å². The second-order valence-electron chi connectivity index (χ2n) is 12.7. The number of aliphatic hydroxyl groups excluding tert-OH is 1. The minimum absolute atomic E-state index is 0.0689. The van der Waals surface area contributed by atoms with Crippen LogP contribution in [-0.4, -0.2) is 74.0 Å². The maximum absolute atomic E-state index is 12.4. The molecule has 262 valence electrons. The summed E-state index contributed by atoms with van der Waals surface area (Å²) in [6.45, 7) is 17.0. The fourth-order valence-corrected chi connectivity index (χ4v) is 6.60. The van der Waals surface area contributed by atoms with Crippen LogP contribution < -0.4 is 20.1 Å². The Morgan fingerprint density at radius 1 is 0.673 bits per heavy atom. The molecule has 0 radical (unpaired) electrons. The zero-order valence-electron chi connectivity index (χ0n) is 30.2. The molecule has 1 aliphatic carbocycles. The van der Waals surface area contributed by atoms with Gasteiger partial charge in [0.1, 0.15) is 0 Å². The van der Waals surface area contributed by atoms with Crippen molar-refractivity contribution >= 4 is 41.6 Å². The van der Waals surface area contributed by atoms with Gasteiger partial charge in [-0.1, -0.05) is 36.4 Å². The van der Waals surface area contributed by atoms with Crippen molar-refractivity contribution in [2.75, 3.05) is 40.9 Å². The Morgan fingerprint density at radius 3 is 1.49 bits per heavy atom. The Labute approximate surface area is 293 Å². The van der Waals surface area contributed by atoms with Crippen molar-refractivity contribution in [1.82, 2.24) is 5.43 Å². The van der Waals surface area contributed by atoms with Crippen molar-refractivity contribution in [2.45, 2.75) is 85.4 Å². The molecule has 49 heavy (non-hydrogen) atoms. The highest BCUT2D eigenvalue weighted by atomic mass is 16.3. The highest BCUT2D eigenvalue weighted by molar-refractivity contribution is 5.84. The molecule has 4 rings (SSSR count). The van der Waals surface area contributed by atoms with Gasteiger partial charge in [-0.15, -0.1) is 0 Å². The van der Waals surface area contributed by atoms with E-state index >= 15 is 0 Å². The van der Waals surface area contributed by atoms with Crippen LogP contribution in [-0.2, 0) is 4.79 Å². The number of carbonyl (C=O) groups excluding carboxylic acids is 1. The molecule has 1 amide bonds. The minimum atomic E-state index is -0.277. The molecule has 0 spiro atoms. The molecule has 2 atom stereocenters. The Hall–Kier alpha value is -4.50. The van der Waals surface area contributed by atoms with E-state index in [0.717, 1.165) is 48.6 Å². The SMILES string of the molecule is CCN(CC)c1ccc(/C=N/N=C/c2ccc(N(CC)C(C)C(C)N(CC)c3ccc(/C=N/NC(=O)C4CCC(O)CC4)cc3)cc2)cc1. The number of hydrogen-bond acceptors (Lipinski definition) is 8. The highest BCUT2D eigenvalue weighted by Gasteiger charge is 2.26. The second kappa shape index (κ2) is 18.9. The fraction of sp³-hybridized carbons (Fsp3) is 0.450. The average Bonchev–Trinajstić information content (AvgIpc) is 3.13. The van der Waals surface area contributed by atoms with Crippen molar-refractivity contribution in [3.05, 3.63) is 89.5 Å². The summed E-state index contributed by atoms with van der Waals surface area (Å²) in [4.78, 5) is 19.6. The van der Waals surface area contributed by atoms with E-state index in [0.29, 0.717) is 25.7 Å². The van der Waals surface area contributed by atoms with Crippen LogP contribution in [0.1, 0.15) is 83.9 Å². The molecule has 9 heteroatoms. The van der Waals surface area contributed by atoms with Crippen molar-refractivity contribution < 1.29 is 9.90 Å². The number of carbonyl (C=O) groups is 1. The predicted molar refractivity (Wildman–Crippen MR) is 207 cm³/mol. The molecule has 1 aliphatic rings. The minimum Gasteiger partial charge on any atom is -0.393 e. The number of rotatable bonds is 16. The van der Waals surface area contributed by atoms with Crippen LogP contribution in [0.25, 0.3) is 0 Å². The smallest absolute Gasteiger partial charge is 0.243 e. The lowest BCUT2D eigenvalue weighted by atomic mass is 9.87. The van der Waals surface area contributed by atoms with E-state index in [2.05, 4.69) is 138 Å². The summed E-state index contributed by atoms with van der Waals surface area (Å²) >= 11 is 0. The van der Waals surface area contributed by atoms with Crippen LogP contribution in [0.5, 0.6) is 0 Å². The Balaban J connectivity index is 1.31. The first kappa shape index (κ1) is 37.3. The maximum Gasteiger partial charge on any atom is 0.243 e. The lowest BCUT2D eigenvalue weighted by molar-refractivity contribution is -0.126. The highest BCUT2D eigenvalue weighted by Crippen LogP contribution is 2.26. The predicted octanol–water partition coefficient (Wildman–Crippen LogP) is 7.12. The van der Waals surface area contributed by atoms with Crippen molar-refractivity contribution in [1.29, 1.82) is 0 Å². The van der Waals surface area contributed by atoms with E-state index in [1.807, 2.05) is 12.1 Å². The van der Waals surface area contributed by atoms with Crippen LogP contribution >= 0.6 is 0 Å². The van der Waals surface area contributed by atoms with Gasteiger partial charge in [0.05, 0.1) is 24.7 Å². The third kappa shape index (κ3) is 10.5. The Bertz CT molecular complexity index is 1510. The van der Waals surface area contributed by atoms with Crippen LogP contribution in [0, 0.1) is 5.92 Å². The van der Waals surface area contributed by atoms with Crippen molar-refractivity contribution in [2.24, 2.45) is 21.2 Å². The summed E-state index contributed by atoms with van der Waals surface area (Å²) in [7, 11) is 0. The number of anilines is 3. The molecule has 3 aromatic carbocycles. The number of hydrazone groups is 1. The van der Waals surface area contributed by atoms with Gasteiger partial charge in [0.25, 0.3) is 0 Å². The van der Waals surface area contributed by atoms with E-state index in [9.17, 15) is 9.90 Å². The molecular formula is C40H55N7O2. The third-order valence-corrected chi connectivity index (χ3v) is 9.77. The molecule has 0 bridgehead atoms. The number of amides is 1. The first-order valence-electron chi connectivity index (χ1n) is 17.9. The van der Waals surface area contributed by atoms with E-state index in [-0.39, 0.29) is 30.0 Å². The van der Waals surface area contributed by atoms with Crippen molar-refractivity contribution in [3.63, 3.8) is 0 Å². The number of nitrogens with zero attached hydrogens (tertiary/aromatic N) is 6. The van der Waals surface area contributed by atoms with Gasteiger partial charge in [0, 0.05) is 61.2 Å². The fourth-order valence-electron chi connectivity index (χ4n) is 6.60. The van der Waals surface area contributed by atoms with E-state index in [1.54, 1.807) is 18.6 Å². The van der Waals surface area contributed by atoms with E-state index < -0.39 is 0 Å². The van der Waals surface area contributed by atoms with Crippen LogP contribution in [0.15, 0.2) is 88.1 Å². The lowest BCUT2D eigenvalue weighted by Gasteiger charge is -2.40. The molecule has 1 fully saturated rings. The first-order chi connectivity index (χ1) is 23.8. The summed E-state index contributed by atoms with van der Waals surface area (Å²) in [5.74, 6) is -0.142. The van der Waals surface area contributed by atoms with Crippen LogP contribution in [0.4, 0.5) is 17.1 Å². The van der Waals surface area contributed by atoms with Gasteiger partial charge in [-0.3, -0.25) is 4.79 Å². The quantitative estimate of drug-likeness (QED) is 0.126. The number of benzene rings is 3. The Morgan fingerprint density at radius 2 is 1.08 bits per heavy atom. The summed E-state index contributed by atoms with van der Waals surface area (Å²) in [5.41, 5.74) is 9.16. The van der Waals surface area contributed by atoms with Gasteiger partial charge in [0.15, 0.2) is 0 Å². The average molecular weight is 666 g/mol. The number of hydrogen-bond donors (Lipinski definition) is 2. The topological polar surface area (TPSA) is 96.1 Å². The van der Waals surface area contributed by atoms with E-state index in [1.165, 1.54) is 11.4 Å². The van der Waals surface area contributed by atoms with E-state index in [4.69, 9.17) is 0 Å². The molecule has 1 saturated carbocycles. The number of aliphatic hydroxyl groups is 1. The monoisotopic (exact) mass is 665 g/mol. The lowest BCUT2D eigenvalue weighted by Crippen LogP contribution is -2.49. The zero-order chi connectivity index (χ0) is 35.2. The number of likely N-dealkylation sites (N-methyl/N-ethyl adjacent to an activating group) is 2. The first-order valence-corrected chi connectivity index (χ1v) is 17.9. The summed E-state index contributed by atoms with van der Waals surface area (Å²) in [6.07, 6.45) is 7.75. The Kier molecular flexibility index (Phi) is 14.4. The summed E-state index contributed by atoms with van der Waals surface area (Å²) in [6, 6.07) is 25.7. The molecule has 0 heterocycles. The molecule has 0 aliphatic heterocycles.